The topological polar surface area (TPSA) is 127 Å². The van der Waals surface area contributed by atoms with Gasteiger partial charge >= 0.3 is 11.9 Å². The lowest BCUT2D eigenvalue weighted by Crippen LogP contribution is -2.10. The maximum atomic E-state index is 11.5. The molecule has 0 spiro atoms. The third-order valence-corrected chi connectivity index (χ3v) is 4.42. The highest BCUT2D eigenvalue weighted by Gasteiger charge is 2.21. The van der Waals surface area contributed by atoms with Crippen LogP contribution in [0.4, 0.5) is 11.4 Å². The van der Waals surface area contributed by atoms with Gasteiger partial charge in [-0.15, -0.1) is 0 Å². The van der Waals surface area contributed by atoms with Gasteiger partial charge in [-0.2, -0.15) is 0 Å². The average molecular weight is 362 g/mol. The molecule has 3 aromatic rings. The van der Waals surface area contributed by atoms with E-state index in [9.17, 15) is 19.8 Å². The van der Waals surface area contributed by atoms with Gasteiger partial charge in [0.2, 0.25) is 0 Å². The molecule has 0 aliphatic heterocycles. The van der Waals surface area contributed by atoms with E-state index in [1.807, 2.05) is 30.3 Å². The van der Waals surface area contributed by atoms with E-state index < -0.39 is 11.9 Å². The van der Waals surface area contributed by atoms with Crippen molar-refractivity contribution in [1.29, 1.82) is 0 Å². The molecule has 136 valence electrons. The van der Waals surface area contributed by atoms with Crippen LogP contribution < -0.4 is 11.5 Å². The summed E-state index contributed by atoms with van der Waals surface area (Å²) in [6.07, 6.45) is 0. The van der Waals surface area contributed by atoms with E-state index in [-0.39, 0.29) is 28.4 Å². The Morgan fingerprint density at radius 1 is 0.667 bits per heavy atom. The molecule has 6 heteroatoms. The molecule has 0 aliphatic carbocycles. The summed E-state index contributed by atoms with van der Waals surface area (Å²) in [4.78, 5) is 23.0. The molecule has 0 aliphatic rings. The lowest BCUT2D eigenvalue weighted by molar-refractivity contribution is 0.0687. The number of nitrogen functional groups attached to an aromatic ring is 2. The molecule has 0 saturated heterocycles. The van der Waals surface area contributed by atoms with Gasteiger partial charge in [-0.3, -0.25) is 0 Å². The molecule has 0 bridgehead atoms. The summed E-state index contributed by atoms with van der Waals surface area (Å²) in [5.41, 5.74) is 14.2. The van der Waals surface area contributed by atoms with Crippen LogP contribution in [0.3, 0.4) is 0 Å². The minimum atomic E-state index is -1.12. The van der Waals surface area contributed by atoms with Crippen LogP contribution in [0.2, 0.25) is 0 Å². The van der Waals surface area contributed by atoms with Crippen molar-refractivity contribution in [3.63, 3.8) is 0 Å². The van der Waals surface area contributed by atoms with E-state index in [2.05, 4.69) is 0 Å². The lowest BCUT2D eigenvalue weighted by Gasteiger charge is -2.20. The normalized spacial score (nSPS) is 10.7. The van der Waals surface area contributed by atoms with Crippen LogP contribution in [0.15, 0.2) is 66.7 Å². The van der Waals surface area contributed by atoms with Gasteiger partial charge in [0.05, 0.1) is 11.1 Å². The molecule has 0 atom stereocenters. The van der Waals surface area contributed by atoms with Crippen LogP contribution in [0.1, 0.15) is 43.3 Å². The Morgan fingerprint density at radius 3 is 1.52 bits per heavy atom. The highest BCUT2D eigenvalue weighted by Crippen LogP contribution is 2.34. The Bertz CT molecular complexity index is 952. The van der Waals surface area contributed by atoms with Crippen molar-refractivity contribution in [2.45, 2.75) is 5.92 Å². The zero-order valence-corrected chi connectivity index (χ0v) is 14.3. The van der Waals surface area contributed by atoms with Crippen LogP contribution in [0.25, 0.3) is 0 Å². The summed E-state index contributed by atoms with van der Waals surface area (Å²) < 4.78 is 0. The Balaban J connectivity index is 2.23. The fraction of sp³-hybridized carbons (Fsp3) is 0.0476. The second-order valence-electron chi connectivity index (χ2n) is 6.15. The van der Waals surface area contributed by atoms with E-state index in [1.165, 1.54) is 12.1 Å². The summed E-state index contributed by atoms with van der Waals surface area (Å²) in [5.74, 6) is -2.61. The number of rotatable bonds is 5. The van der Waals surface area contributed by atoms with Crippen molar-refractivity contribution in [2.75, 3.05) is 11.5 Å². The van der Waals surface area contributed by atoms with Crippen molar-refractivity contribution in [1.82, 2.24) is 0 Å². The molecule has 0 unspecified atom stereocenters. The third-order valence-electron chi connectivity index (χ3n) is 4.42. The van der Waals surface area contributed by atoms with Gasteiger partial charge in [0.15, 0.2) is 0 Å². The Morgan fingerprint density at radius 2 is 1.11 bits per heavy atom. The van der Waals surface area contributed by atoms with Gasteiger partial charge in [0.1, 0.15) is 0 Å². The van der Waals surface area contributed by atoms with Crippen LogP contribution in [-0.4, -0.2) is 22.2 Å². The molecule has 0 radical (unpaired) electrons. The van der Waals surface area contributed by atoms with E-state index >= 15 is 0 Å². The standard InChI is InChI=1S/C21H18N2O4/c22-17-8-6-13(10-15(17)20(24)25)19(12-4-2-1-3-5-12)14-7-9-18(23)16(11-14)21(26)27/h1-11,19H,22-23H2,(H,24,25)(H,26,27). The Labute approximate surface area is 155 Å². The van der Waals surface area contributed by atoms with Crippen molar-refractivity contribution in [3.8, 4) is 0 Å². The quantitative estimate of drug-likeness (QED) is 0.407. The minimum Gasteiger partial charge on any atom is -0.478 e. The number of hydrogen-bond donors (Lipinski definition) is 4. The first kappa shape index (κ1) is 18.0. The zero-order valence-electron chi connectivity index (χ0n) is 14.3. The first-order valence-electron chi connectivity index (χ1n) is 8.19. The first-order chi connectivity index (χ1) is 12.9. The number of anilines is 2. The van der Waals surface area contributed by atoms with Crippen molar-refractivity contribution in [3.05, 3.63) is 94.5 Å². The number of aromatic carboxylic acids is 2. The molecule has 27 heavy (non-hydrogen) atoms. The van der Waals surface area contributed by atoms with Crippen molar-refractivity contribution < 1.29 is 19.8 Å². The van der Waals surface area contributed by atoms with Crippen molar-refractivity contribution in [2.24, 2.45) is 0 Å². The maximum Gasteiger partial charge on any atom is 0.337 e. The molecule has 0 heterocycles. The number of carbonyl (C=O) groups is 2. The van der Waals surface area contributed by atoms with E-state index in [0.717, 1.165) is 5.56 Å². The third kappa shape index (κ3) is 3.59. The predicted octanol–water partition coefficient (Wildman–Crippen LogP) is 3.43. The van der Waals surface area contributed by atoms with Gasteiger partial charge < -0.3 is 21.7 Å². The Kier molecular flexibility index (Phi) is 4.81. The Hall–Kier alpha value is -3.80. The lowest BCUT2D eigenvalue weighted by atomic mass is 9.83. The SMILES string of the molecule is Nc1ccc(C(c2ccccc2)c2ccc(N)c(C(=O)O)c2)cc1C(=O)O. The van der Waals surface area contributed by atoms with Gasteiger partial charge in [0, 0.05) is 17.3 Å². The second kappa shape index (κ2) is 7.21. The fourth-order valence-electron chi connectivity index (χ4n) is 3.10. The first-order valence-corrected chi connectivity index (χ1v) is 8.19. The molecular weight excluding hydrogens is 344 g/mol. The van der Waals surface area contributed by atoms with Gasteiger partial charge in [-0.05, 0) is 41.0 Å². The van der Waals surface area contributed by atoms with Crippen molar-refractivity contribution >= 4 is 23.3 Å². The zero-order chi connectivity index (χ0) is 19.6. The van der Waals surface area contributed by atoms with E-state index in [0.29, 0.717) is 11.1 Å². The molecule has 6 N–H and O–H groups in total. The minimum absolute atomic E-state index is 0.00216. The largest absolute Gasteiger partial charge is 0.478 e. The van der Waals surface area contributed by atoms with Gasteiger partial charge in [-0.1, -0.05) is 42.5 Å². The number of carboxylic acid groups (broad SMARTS) is 2. The molecule has 6 nitrogen and oxygen atoms in total. The molecule has 0 fully saturated rings. The molecule has 0 amide bonds. The summed E-state index contributed by atoms with van der Waals surface area (Å²) in [6, 6.07) is 19.0. The summed E-state index contributed by atoms with van der Waals surface area (Å²) in [6.45, 7) is 0. The second-order valence-corrected chi connectivity index (χ2v) is 6.15. The van der Waals surface area contributed by atoms with E-state index in [1.54, 1.807) is 24.3 Å². The fourth-order valence-corrected chi connectivity index (χ4v) is 3.10. The number of hydrogen-bond acceptors (Lipinski definition) is 4. The van der Waals surface area contributed by atoms with Gasteiger partial charge in [-0.25, -0.2) is 9.59 Å². The molecular formula is C21H18N2O4. The molecule has 3 rings (SSSR count). The summed E-state index contributed by atoms with van der Waals surface area (Å²) in [5, 5.41) is 18.8. The summed E-state index contributed by atoms with van der Waals surface area (Å²) in [7, 11) is 0. The monoisotopic (exact) mass is 362 g/mol. The number of nitrogens with two attached hydrogens (primary N) is 2. The average Bonchev–Trinajstić information content (AvgIpc) is 2.65. The number of carboxylic acids is 2. The predicted molar refractivity (Wildman–Crippen MR) is 103 cm³/mol. The van der Waals surface area contributed by atoms with Crippen LogP contribution in [0.5, 0.6) is 0 Å². The maximum absolute atomic E-state index is 11.5. The number of benzene rings is 3. The summed E-state index contributed by atoms with van der Waals surface area (Å²) >= 11 is 0. The molecule has 0 aromatic heterocycles. The smallest absolute Gasteiger partial charge is 0.337 e. The highest BCUT2D eigenvalue weighted by molar-refractivity contribution is 5.94. The van der Waals surface area contributed by atoms with Crippen LogP contribution in [-0.2, 0) is 0 Å². The molecule has 3 aromatic carbocycles. The van der Waals surface area contributed by atoms with Gasteiger partial charge in [0.25, 0.3) is 0 Å². The molecule has 0 saturated carbocycles. The van der Waals surface area contributed by atoms with E-state index in [4.69, 9.17) is 11.5 Å². The van der Waals surface area contributed by atoms with Crippen LogP contribution >= 0.6 is 0 Å². The highest BCUT2D eigenvalue weighted by atomic mass is 16.4. The van der Waals surface area contributed by atoms with Crippen LogP contribution in [0, 0.1) is 0 Å².